The largest absolute Gasteiger partial charge is 0.265 e. The lowest BCUT2D eigenvalue weighted by atomic mass is 10.2. The van der Waals surface area contributed by atoms with Crippen LogP contribution in [0.1, 0.15) is 19.5 Å². The summed E-state index contributed by atoms with van der Waals surface area (Å²) in [4.78, 5) is 9.64. The van der Waals surface area contributed by atoms with E-state index in [4.69, 9.17) is 0 Å². The number of hydrogen-bond donors (Lipinski definition) is 0. The van der Waals surface area contributed by atoms with Crippen molar-refractivity contribution in [3.8, 4) is 0 Å². The molecule has 14 heavy (non-hydrogen) atoms. The molecule has 0 bridgehead atoms. The highest BCUT2D eigenvalue weighted by Crippen LogP contribution is 2.05. The van der Waals surface area contributed by atoms with Gasteiger partial charge in [0.15, 0.2) is 0 Å². The quantitative estimate of drug-likeness (QED) is 0.543. The van der Waals surface area contributed by atoms with Crippen molar-refractivity contribution in [3.63, 3.8) is 0 Å². The Labute approximate surface area is 82.2 Å². The van der Waals surface area contributed by atoms with Gasteiger partial charge in [0.05, 0.1) is 10.6 Å². The van der Waals surface area contributed by atoms with Crippen molar-refractivity contribution in [2.45, 2.75) is 20.4 Å². The normalized spacial score (nSPS) is 11.4. The molecule has 0 amide bonds. The zero-order valence-electron chi connectivity index (χ0n) is 8.25. The molecule has 0 saturated heterocycles. The molecule has 0 atom stereocenters. The highest BCUT2D eigenvalue weighted by atomic mass is 16.6. The molecule has 0 aliphatic rings. The zero-order valence-corrected chi connectivity index (χ0v) is 8.25. The first kappa shape index (κ1) is 10.4. The molecule has 0 aromatic carbocycles. The maximum absolute atomic E-state index is 10.1. The maximum Gasteiger partial charge on any atom is 0.236 e. The van der Waals surface area contributed by atoms with Gasteiger partial charge < -0.3 is 0 Å². The fourth-order valence-electron chi connectivity index (χ4n) is 1.12. The summed E-state index contributed by atoms with van der Waals surface area (Å²) < 4.78 is 1.75. The minimum atomic E-state index is -0.479. The Morgan fingerprint density at radius 2 is 2.43 bits per heavy atom. The van der Waals surface area contributed by atoms with E-state index in [-0.39, 0.29) is 0 Å². The smallest absolute Gasteiger partial charge is 0.236 e. The molecule has 76 valence electrons. The van der Waals surface area contributed by atoms with E-state index in [1.807, 2.05) is 0 Å². The van der Waals surface area contributed by atoms with Crippen LogP contribution in [0.25, 0.3) is 6.08 Å². The average molecular weight is 195 g/mol. The van der Waals surface area contributed by atoms with E-state index in [9.17, 15) is 10.1 Å². The van der Waals surface area contributed by atoms with Crippen LogP contribution in [0, 0.1) is 16.0 Å². The molecule has 1 aromatic heterocycles. The third-order valence-corrected chi connectivity index (χ3v) is 1.65. The first-order valence-corrected chi connectivity index (χ1v) is 4.43. The molecule has 0 saturated carbocycles. The molecule has 1 heterocycles. The van der Waals surface area contributed by atoms with Crippen molar-refractivity contribution in [1.29, 1.82) is 0 Å². The van der Waals surface area contributed by atoms with E-state index in [2.05, 4.69) is 18.9 Å². The molecule has 1 rings (SSSR count). The van der Waals surface area contributed by atoms with Gasteiger partial charge >= 0.3 is 0 Å². The van der Waals surface area contributed by atoms with Crippen molar-refractivity contribution >= 4 is 6.08 Å². The summed E-state index contributed by atoms with van der Waals surface area (Å²) >= 11 is 0. The topological polar surface area (TPSA) is 61.0 Å². The van der Waals surface area contributed by atoms with Crippen molar-refractivity contribution in [2.24, 2.45) is 5.92 Å². The van der Waals surface area contributed by atoms with Gasteiger partial charge in [-0.15, -0.1) is 0 Å². The van der Waals surface area contributed by atoms with Gasteiger partial charge in [0, 0.05) is 18.8 Å². The van der Waals surface area contributed by atoms with Gasteiger partial charge in [0.1, 0.15) is 0 Å². The lowest BCUT2D eigenvalue weighted by Crippen LogP contribution is -2.07. The molecule has 5 heteroatoms. The van der Waals surface area contributed by atoms with Gasteiger partial charge in [-0.3, -0.25) is 14.8 Å². The second-order valence-electron chi connectivity index (χ2n) is 3.43. The molecule has 0 spiro atoms. The van der Waals surface area contributed by atoms with E-state index < -0.39 is 4.92 Å². The Balaban J connectivity index is 2.77. The Kier molecular flexibility index (Phi) is 3.39. The first-order valence-electron chi connectivity index (χ1n) is 4.43. The Bertz CT molecular complexity index is 342. The Hall–Kier alpha value is -1.65. The van der Waals surface area contributed by atoms with E-state index >= 15 is 0 Å². The summed E-state index contributed by atoms with van der Waals surface area (Å²) in [5, 5.41) is 14.2. The van der Waals surface area contributed by atoms with Gasteiger partial charge in [-0.25, -0.2) is 0 Å². The third-order valence-electron chi connectivity index (χ3n) is 1.65. The number of rotatable bonds is 4. The maximum atomic E-state index is 10.1. The Morgan fingerprint density at radius 3 is 3.00 bits per heavy atom. The molecular formula is C9H13N3O2. The van der Waals surface area contributed by atoms with E-state index in [1.165, 1.54) is 6.08 Å². The van der Waals surface area contributed by atoms with Crippen LogP contribution in [0.5, 0.6) is 0 Å². The summed E-state index contributed by atoms with van der Waals surface area (Å²) in [7, 11) is 0. The summed E-state index contributed by atoms with van der Waals surface area (Å²) in [6, 6.07) is 1.75. The van der Waals surface area contributed by atoms with Crippen LogP contribution in [0.4, 0.5) is 0 Å². The summed E-state index contributed by atoms with van der Waals surface area (Å²) in [6.07, 6.45) is 4.02. The summed E-state index contributed by atoms with van der Waals surface area (Å²) in [5.41, 5.74) is 0.760. The predicted molar refractivity (Wildman–Crippen MR) is 53.1 cm³/mol. The summed E-state index contributed by atoms with van der Waals surface area (Å²) in [5.74, 6) is 0.470. The minimum Gasteiger partial charge on any atom is -0.265 e. The van der Waals surface area contributed by atoms with Crippen LogP contribution >= 0.6 is 0 Å². The molecule has 5 nitrogen and oxygen atoms in total. The highest BCUT2D eigenvalue weighted by Gasteiger charge is 2.02. The van der Waals surface area contributed by atoms with Gasteiger partial charge in [-0.1, -0.05) is 13.8 Å². The first-order chi connectivity index (χ1) is 6.59. The molecule has 0 N–H and O–H groups in total. The number of hydrogen-bond acceptors (Lipinski definition) is 3. The van der Waals surface area contributed by atoms with Crippen LogP contribution in [0.3, 0.4) is 0 Å². The second kappa shape index (κ2) is 4.55. The number of nitro groups is 1. The molecule has 0 aliphatic heterocycles. The van der Waals surface area contributed by atoms with E-state index in [0.717, 1.165) is 18.4 Å². The predicted octanol–water partition coefficient (Wildman–Crippen LogP) is 1.79. The highest BCUT2D eigenvalue weighted by molar-refractivity contribution is 5.42. The lowest BCUT2D eigenvalue weighted by molar-refractivity contribution is -0.401. The van der Waals surface area contributed by atoms with Crippen LogP contribution in [0.15, 0.2) is 18.5 Å². The number of nitrogens with zero attached hydrogens (tertiary/aromatic N) is 3. The van der Waals surface area contributed by atoms with Crippen molar-refractivity contribution in [2.75, 3.05) is 0 Å². The fraction of sp³-hybridized carbons (Fsp3) is 0.444. The fourth-order valence-corrected chi connectivity index (χ4v) is 1.12. The van der Waals surface area contributed by atoms with Gasteiger partial charge in [0.2, 0.25) is 6.20 Å². The second-order valence-corrected chi connectivity index (χ2v) is 3.43. The average Bonchev–Trinajstić information content (AvgIpc) is 2.47. The monoisotopic (exact) mass is 195 g/mol. The molecule has 1 aromatic rings. The van der Waals surface area contributed by atoms with E-state index in [0.29, 0.717) is 5.92 Å². The van der Waals surface area contributed by atoms with Crippen LogP contribution in [-0.2, 0) is 6.54 Å². The van der Waals surface area contributed by atoms with Gasteiger partial charge in [-0.05, 0) is 12.0 Å². The van der Waals surface area contributed by atoms with Crippen LogP contribution in [0.2, 0.25) is 0 Å². The Morgan fingerprint density at radius 1 is 1.71 bits per heavy atom. The van der Waals surface area contributed by atoms with Crippen molar-refractivity contribution < 1.29 is 4.92 Å². The van der Waals surface area contributed by atoms with Gasteiger partial charge in [-0.2, -0.15) is 5.10 Å². The summed E-state index contributed by atoms with van der Waals surface area (Å²) in [6.45, 7) is 4.91. The molecule has 0 fully saturated rings. The van der Waals surface area contributed by atoms with Crippen molar-refractivity contribution in [1.82, 2.24) is 9.78 Å². The van der Waals surface area contributed by atoms with Crippen LogP contribution < -0.4 is 0 Å². The zero-order chi connectivity index (χ0) is 10.6. The standard InChI is InChI=1S/C9H13N3O2/c1-8(2)7-11-9(3-5-10-11)4-6-12(13)14/h3-6,8H,7H2,1-2H3/b6-4+. The molecular weight excluding hydrogens is 182 g/mol. The van der Waals surface area contributed by atoms with Crippen molar-refractivity contribution in [3.05, 3.63) is 34.3 Å². The molecule has 0 unspecified atom stereocenters. The van der Waals surface area contributed by atoms with Crippen LogP contribution in [-0.4, -0.2) is 14.7 Å². The van der Waals surface area contributed by atoms with Gasteiger partial charge in [0.25, 0.3) is 0 Å². The SMILES string of the molecule is CC(C)Cn1nccc1/C=C/[N+](=O)[O-]. The van der Waals surface area contributed by atoms with E-state index in [1.54, 1.807) is 16.9 Å². The number of aromatic nitrogens is 2. The third kappa shape index (κ3) is 3.01. The minimum absolute atomic E-state index is 0.470. The molecule has 0 aliphatic carbocycles. The lowest BCUT2D eigenvalue weighted by Gasteiger charge is -2.06. The molecule has 0 radical (unpaired) electrons.